The Morgan fingerprint density at radius 3 is 2.46 bits per heavy atom. The van der Waals surface area contributed by atoms with Gasteiger partial charge in [-0.05, 0) is 32.9 Å². The van der Waals surface area contributed by atoms with Gasteiger partial charge < -0.3 is 9.84 Å². The molecule has 0 heterocycles. The number of rotatable bonds is 1. The van der Waals surface area contributed by atoms with E-state index in [0.717, 1.165) is 0 Å². The predicted molar refractivity (Wildman–Crippen MR) is 53.5 cm³/mol. The minimum absolute atomic E-state index is 0.156. The first-order valence-electron chi connectivity index (χ1n) is 4.06. The highest BCUT2D eigenvalue weighted by molar-refractivity contribution is 6.32. The Labute approximate surface area is 83.1 Å². The fraction of sp³-hybridized carbons (Fsp3) is 0.400. The Morgan fingerprint density at radius 1 is 1.31 bits per heavy atom. The summed E-state index contributed by atoms with van der Waals surface area (Å²) in [4.78, 5) is 0. The number of aromatic hydroxyl groups is 1. The Kier molecular flexibility index (Phi) is 2.71. The van der Waals surface area contributed by atoms with Crippen LogP contribution in [0.15, 0.2) is 18.2 Å². The Bertz CT molecular complexity index is 302. The van der Waals surface area contributed by atoms with E-state index in [9.17, 15) is 5.11 Å². The average molecular weight is 201 g/mol. The number of hydrogen-bond acceptors (Lipinski definition) is 2. The van der Waals surface area contributed by atoms with E-state index in [4.69, 9.17) is 16.3 Å². The van der Waals surface area contributed by atoms with Gasteiger partial charge in [0.05, 0.1) is 5.02 Å². The van der Waals surface area contributed by atoms with Gasteiger partial charge in [0.1, 0.15) is 17.1 Å². The van der Waals surface area contributed by atoms with E-state index in [1.165, 1.54) is 12.1 Å². The lowest BCUT2D eigenvalue weighted by Gasteiger charge is -2.21. The van der Waals surface area contributed by atoms with E-state index in [0.29, 0.717) is 10.8 Å². The SMILES string of the molecule is CC(C)(C)Oc1cc(O)ccc1Cl. The Morgan fingerprint density at radius 2 is 1.92 bits per heavy atom. The normalized spacial score (nSPS) is 11.4. The summed E-state index contributed by atoms with van der Waals surface area (Å²) in [6.45, 7) is 5.77. The zero-order valence-electron chi connectivity index (χ0n) is 7.97. The lowest BCUT2D eigenvalue weighted by atomic mass is 10.2. The number of hydrogen-bond donors (Lipinski definition) is 1. The van der Waals surface area contributed by atoms with Gasteiger partial charge in [0.2, 0.25) is 0 Å². The van der Waals surface area contributed by atoms with Crippen molar-refractivity contribution in [2.75, 3.05) is 0 Å². The van der Waals surface area contributed by atoms with Crippen molar-refractivity contribution in [2.45, 2.75) is 26.4 Å². The molecule has 0 aromatic heterocycles. The van der Waals surface area contributed by atoms with Crippen molar-refractivity contribution in [1.82, 2.24) is 0 Å². The third kappa shape index (κ3) is 3.15. The van der Waals surface area contributed by atoms with Crippen LogP contribution in [0.2, 0.25) is 5.02 Å². The van der Waals surface area contributed by atoms with Crippen LogP contribution < -0.4 is 4.74 Å². The van der Waals surface area contributed by atoms with E-state index in [-0.39, 0.29) is 11.4 Å². The van der Waals surface area contributed by atoms with Crippen LogP contribution in [-0.4, -0.2) is 10.7 Å². The number of benzene rings is 1. The highest BCUT2D eigenvalue weighted by atomic mass is 35.5. The predicted octanol–water partition coefficient (Wildman–Crippen LogP) is 3.22. The highest BCUT2D eigenvalue weighted by Gasteiger charge is 2.14. The van der Waals surface area contributed by atoms with Gasteiger partial charge in [-0.1, -0.05) is 11.6 Å². The largest absolute Gasteiger partial charge is 0.508 e. The molecule has 1 N–H and O–H groups in total. The van der Waals surface area contributed by atoms with Gasteiger partial charge in [0.15, 0.2) is 0 Å². The first-order valence-corrected chi connectivity index (χ1v) is 4.44. The average Bonchev–Trinajstić information content (AvgIpc) is 1.94. The fourth-order valence-electron chi connectivity index (χ4n) is 0.900. The molecular formula is C10H13ClO2. The van der Waals surface area contributed by atoms with Crippen molar-refractivity contribution in [3.05, 3.63) is 23.2 Å². The molecule has 0 spiro atoms. The van der Waals surface area contributed by atoms with Crippen molar-refractivity contribution in [1.29, 1.82) is 0 Å². The van der Waals surface area contributed by atoms with E-state index < -0.39 is 0 Å². The quantitative estimate of drug-likeness (QED) is 0.754. The first kappa shape index (κ1) is 10.2. The van der Waals surface area contributed by atoms with Crippen LogP contribution in [-0.2, 0) is 0 Å². The van der Waals surface area contributed by atoms with Gasteiger partial charge >= 0.3 is 0 Å². The summed E-state index contributed by atoms with van der Waals surface area (Å²) in [6, 6.07) is 4.64. The second kappa shape index (κ2) is 3.46. The number of halogens is 1. The van der Waals surface area contributed by atoms with Gasteiger partial charge in [-0.3, -0.25) is 0 Å². The van der Waals surface area contributed by atoms with Crippen molar-refractivity contribution < 1.29 is 9.84 Å². The smallest absolute Gasteiger partial charge is 0.142 e. The third-order valence-electron chi connectivity index (χ3n) is 1.33. The maximum atomic E-state index is 9.20. The van der Waals surface area contributed by atoms with Gasteiger partial charge in [0, 0.05) is 6.07 Å². The Hall–Kier alpha value is -0.890. The molecule has 0 bridgehead atoms. The van der Waals surface area contributed by atoms with Crippen LogP contribution in [0.3, 0.4) is 0 Å². The highest BCUT2D eigenvalue weighted by Crippen LogP contribution is 2.30. The molecule has 72 valence electrons. The van der Waals surface area contributed by atoms with E-state index in [2.05, 4.69) is 0 Å². The molecule has 0 amide bonds. The summed E-state index contributed by atoms with van der Waals surface area (Å²) < 4.78 is 5.52. The number of phenolic OH excluding ortho intramolecular Hbond substituents is 1. The Balaban J connectivity index is 2.94. The van der Waals surface area contributed by atoms with E-state index >= 15 is 0 Å². The molecule has 1 aromatic carbocycles. The summed E-state index contributed by atoms with van der Waals surface area (Å²) in [5.74, 6) is 0.665. The van der Waals surface area contributed by atoms with Crippen LogP contribution in [0.5, 0.6) is 11.5 Å². The second-order valence-corrected chi connectivity index (χ2v) is 4.24. The zero-order chi connectivity index (χ0) is 10.1. The van der Waals surface area contributed by atoms with Crippen molar-refractivity contribution in [2.24, 2.45) is 0 Å². The maximum absolute atomic E-state index is 9.20. The molecule has 0 radical (unpaired) electrons. The molecule has 1 aromatic rings. The lowest BCUT2D eigenvalue weighted by Crippen LogP contribution is -2.23. The van der Waals surface area contributed by atoms with Crippen LogP contribution >= 0.6 is 11.6 Å². The van der Waals surface area contributed by atoms with Gasteiger partial charge in [-0.25, -0.2) is 0 Å². The minimum atomic E-state index is -0.308. The molecule has 0 saturated heterocycles. The molecule has 3 heteroatoms. The molecular weight excluding hydrogens is 188 g/mol. The monoisotopic (exact) mass is 200 g/mol. The molecule has 0 fully saturated rings. The molecule has 2 nitrogen and oxygen atoms in total. The third-order valence-corrected chi connectivity index (χ3v) is 1.64. The zero-order valence-corrected chi connectivity index (χ0v) is 8.72. The van der Waals surface area contributed by atoms with Crippen molar-refractivity contribution in [3.63, 3.8) is 0 Å². The van der Waals surface area contributed by atoms with Gasteiger partial charge in [0.25, 0.3) is 0 Å². The number of ether oxygens (including phenoxy) is 1. The molecule has 13 heavy (non-hydrogen) atoms. The summed E-state index contributed by atoms with van der Waals surface area (Å²) >= 11 is 5.87. The molecule has 1 rings (SSSR count). The van der Waals surface area contributed by atoms with Gasteiger partial charge in [-0.2, -0.15) is 0 Å². The first-order chi connectivity index (χ1) is 5.88. The van der Waals surface area contributed by atoms with Crippen LogP contribution in [0, 0.1) is 0 Å². The standard InChI is InChI=1S/C10H13ClO2/c1-10(2,3)13-9-6-7(12)4-5-8(9)11/h4-6,12H,1-3H3. The summed E-state index contributed by atoms with van der Waals surface area (Å²) in [5.41, 5.74) is -0.308. The van der Waals surface area contributed by atoms with Crippen LogP contribution in [0.25, 0.3) is 0 Å². The maximum Gasteiger partial charge on any atom is 0.142 e. The minimum Gasteiger partial charge on any atom is -0.508 e. The molecule has 0 unspecified atom stereocenters. The lowest BCUT2D eigenvalue weighted by molar-refractivity contribution is 0.130. The molecule has 0 aliphatic rings. The number of phenols is 1. The topological polar surface area (TPSA) is 29.5 Å². The van der Waals surface area contributed by atoms with Crippen LogP contribution in [0.1, 0.15) is 20.8 Å². The van der Waals surface area contributed by atoms with E-state index in [1.807, 2.05) is 20.8 Å². The van der Waals surface area contributed by atoms with Gasteiger partial charge in [-0.15, -0.1) is 0 Å². The summed E-state index contributed by atoms with van der Waals surface area (Å²) in [6.07, 6.45) is 0. The van der Waals surface area contributed by atoms with E-state index in [1.54, 1.807) is 6.07 Å². The summed E-state index contributed by atoms with van der Waals surface area (Å²) in [7, 11) is 0. The molecule has 0 aliphatic carbocycles. The van der Waals surface area contributed by atoms with Crippen LogP contribution in [0.4, 0.5) is 0 Å². The molecule has 0 saturated carbocycles. The van der Waals surface area contributed by atoms with Crippen molar-refractivity contribution in [3.8, 4) is 11.5 Å². The summed E-state index contributed by atoms with van der Waals surface area (Å²) in [5, 5.41) is 9.70. The van der Waals surface area contributed by atoms with Crippen molar-refractivity contribution >= 4 is 11.6 Å². The molecule has 0 aliphatic heterocycles. The fourth-order valence-corrected chi connectivity index (χ4v) is 1.06. The molecule has 0 atom stereocenters. The second-order valence-electron chi connectivity index (χ2n) is 3.83.